The van der Waals surface area contributed by atoms with Gasteiger partial charge in [-0.2, -0.15) is 5.10 Å². The number of rotatable bonds is 2. The van der Waals surface area contributed by atoms with Crippen LogP contribution in [-0.4, -0.2) is 22.2 Å². The fourth-order valence-electron chi connectivity index (χ4n) is 2.69. The van der Waals surface area contributed by atoms with Gasteiger partial charge in [0.15, 0.2) is 0 Å². The first-order chi connectivity index (χ1) is 9.59. The number of hydrogen-bond acceptors (Lipinski definition) is 2. The summed E-state index contributed by atoms with van der Waals surface area (Å²) in [5.41, 5.74) is 3.06. The maximum atomic E-state index is 12.7. The van der Waals surface area contributed by atoms with E-state index in [1.165, 1.54) is 5.56 Å². The lowest BCUT2D eigenvalue weighted by Crippen LogP contribution is -2.35. The van der Waals surface area contributed by atoms with E-state index >= 15 is 0 Å². The lowest BCUT2D eigenvalue weighted by Gasteiger charge is -2.22. The molecule has 0 radical (unpaired) electrons. The molecule has 2 aromatic rings. The van der Waals surface area contributed by atoms with Crippen molar-refractivity contribution in [2.75, 3.05) is 11.4 Å². The van der Waals surface area contributed by atoms with Crippen molar-refractivity contribution in [3.8, 4) is 0 Å². The molecule has 0 saturated heterocycles. The molecule has 0 bridgehead atoms. The SMILES string of the molecule is Cc1c(Cl)cnn1[C@@H](C)C(=O)N1CCc2ccccc21. The van der Waals surface area contributed by atoms with Crippen LogP contribution in [0.2, 0.25) is 5.02 Å². The lowest BCUT2D eigenvalue weighted by molar-refractivity contribution is -0.121. The Hall–Kier alpha value is -1.81. The summed E-state index contributed by atoms with van der Waals surface area (Å²) >= 11 is 6.01. The second-order valence-electron chi connectivity index (χ2n) is 5.07. The second-order valence-corrected chi connectivity index (χ2v) is 5.47. The third-order valence-corrected chi connectivity index (χ3v) is 4.23. The summed E-state index contributed by atoms with van der Waals surface area (Å²) in [7, 11) is 0. The number of fused-ring (bicyclic) bond motifs is 1. The van der Waals surface area contributed by atoms with Crippen LogP contribution in [-0.2, 0) is 11.2 Å². The van der Waals surface area contributed by atoms with Gasteiger partial charge in [-0.25, -0.2) is 0 Å². The Bertz CT molecular complexity index is 665. The lowest BCUT2D eigenvalue weighted by atomic mass is 10.2. The van der Waals surface area contributed by atoms with Crippen molar-refractivity contribution >= 4 is 23.2 Å². The summed E-state index contributed by atoms with van der Waals surface area (Å²) < 4.78 is 1.69. The Kier molecular flexibility index (Phi) is 3.26. The minimum absolute atomic E-state index is 0.0535. The van der Waals surface area contributed by atoms with E-state index < -0.39 is 0 Å². The zero-order valence-corrected chi connectivity index (χ0v) is 12.3. The van der Waals surface area contributed by atoms with Crippen molar-refractivity contribution in [1.82, 2.24) is 9.78 Å². The van der Waals surface area contributed by atoms with Crippen LogP contribution in [0.1, 0.15) is 24.2 Å². The number of anilines is 1. The topological polar surface area (TPSA) is 38.1 Å². The number of amides is 1. The van der Waals surface area contributed by atoms with Crippen LogP contribution < -0.4 is 4.90 Å². The minimum Gasteiger partial charge on any atom is -0.310 e. The van der Waals surface area contributed by atoms with E-state index in [1.807, 2.05) is 36.9 Å². The smallest absolute Gasteiger partial charge is 0.251 e. The molecule has 1 aliphatic rings. The minimum atomic E-state index is -0.353. The maximum absolute atomic E-state index is 12.7. The van der Waals surface area contributed by atoms with Crippen molar-refractivity contribution < 1.29 is 4.79 Å². The molecule has 0 spiro atoms. The second kappa shape index (κ2) is 4.94. The number of benzene rings is 1. The van der Waals surface area contributed by atoms with E-state index in [-0.39, 0.29) is 11.9 Å². The summed E-state index contributed by atoms with van der Waals surface area (Å²) in [4.78, 5) is 14.5. The average molecular weight is 290 g/mol. The van der Waals surface area contributed by atoms with Gasteiger partial charge in [-0.1, -0.05) is 29.8 Å². The highest BCUT2D eigenvalue weighted by atomic mass is 35.5. The molecular formula is C15H16ClN3O. The number of nitrogens with zero attached hydrogens (tertiary/aromatic N) is 3. The molecule has 4 nitrogen and oxygen atoms in total. The molecular weight excluding hydrogens is 274 g/mol. The van der Waals surface area contributed by atoms with Crippen LogP contribution in [0.5, 0.6) is 0 Å². The molecule has 1 aromatic carbocycles. The number of para-hydroxylation sites is 1. The van der Waals surface area contributed by atoms with Gasteiger partial charge in [0, 0.05) is 12.2 Å². The third kappa shape index (κ3) is 2.00. The summed E-state index contributed by atoms with van der Waals surface area (Å²) in [6.45, 7) is 4.47. The van der Waals surface area contributed by atoms with E-state index in [2.05, 4.69) is 11.2 Å². The van der Waals surface area contributed by atoms with Crippen LogP contribution in [0.15, 0.2) is 30.5 Å². The van der Waals surface area contributed by atoms with Crippen molar-refractivity contribution in [2.24, 2.45) is 0 Å². The molecule has 1 atom stereocenters. The Morgan fingerprint density at radius 2 is 2.15 bits per heavy atom. The molecule has 0 aliphatic carbocycles. The normalized spacial score (nSPS) is 15.2. The predicted octanol–water partition coefficient (Wildman–Crippen LogP) is 3.00. The van der Waals surface area contributed by atoms with Gasteiger partial charge in [0.2, 0.25) is 0 Å². The highest BCUT2D eigenvalue weighted by Crippen LogP contribution is 2.30. The van der Waals surface area contributed by atoms with Crippen LogP contribution in [0.4, 0.5) is 5.69 Å². The van der Waals surface area contributed by atoms with Crippen LogP contribution in [0.25, 0.3) is 0 Å². The average Bonchev–Trinajstić information content (AvgIpc) is 3.02. The van der Waals surface area contributed by atoms with Gasteiger partial charge < -0.3 is 4.90 Å². The number of aromatic nitrogens is 2. The quantitative estimate of drug-likeness (QED) is 0.852. The first-order valence-corrected chi connectivity index (χ1v) is 7.06. The van der Waals surface area contributed by atoms with Crippen LogP contribution >= 0.6 is 11.6 Å². The van der Waals surface area contributed by atoms with Gasteiger partial charge in [0.25, 0.3) is 5.91 Å². The number of hydrogen-bond donors (Lipinski definition) is 0. The molecule has 104 valence electrons. The molecule has 0 saturated carbocycles. The van der Waals surface area contributed by atoms with Gasteiger partial charge >= 0.3 is 0 Å². The highest BCUT2D eigenvalue weighted by Gasteiger charge is 2.29. The first-order valence-electron chi connectivity index (χ1n) is 6.68. The maximum Gasteiger partial charge on any atom is 0.251 e. The third-order valence-electron chi connectivity index (χ3n) is 3.86. The Labute approximate surface area is 123 Å². The van der Waals surface area contributed by atoms with Gasteiger partial charge in [-0.05, 0) is 31.9 Å². The largest absolute Gasteiger partial charge is 0.310 e. The fraction of sp³-hybridized carbons (Fsp3) is 0.333. The molecule has 3 rings (SSSR count). The Morgan fingerprint density at radius 3 is 2.85 bits per heavy atom. The number of halogens is 1. The van der Waals surface area contributed by atoms with E-state index in [0.717, 1.165) is 24.3 Å². The number of carbonyl (C=O) groups excluding carboxylic acids is 1. The van der Waals surface area contributed by atoms with Crippen molar-refractivity contribution in [1.29, 1.82) is 0 Å². The standard InChI is InChI=1S/C15H16ClN3O/c1-10-13(16)9-17-19(10)11(2)15(20)18-8-7-12-5-3-4-6-14(12)18/h3-6,9,11H,7-8H2,1-2H3/t11-/m0/s1. The van der Waals surface area contributed by atoms with Crippen molar-refractivity contribution in [3.63, 3.8) is 0 Å². The summed E-state index contributed by atoms with van der Waals surface area (Å²) in [6.07, 6.45) is 2.49. The van der Waals surface area contributed by atoms with Crippen molar-refractivity contribution in [2.45, 2.75) is 26.3 Å². The summed E-state index contributed by atoms with van der Waals surface area (Å²) in [5.74, 6) is 0.0535. The first kappa shape index (κ1) is 13.2. The van der Waals surface area contributed by atoms with Crippen LogP contribution in [0, 0.1) is 6.92 Å². The Balaban J connectivity index is 1.89. The van der Waals surface area contributed by atoms with Crippen molar-refractivity contribution in [3.05, 3.63) is 46.7 Å². The molecule has 1 aromatic heterocycles. The van der Waals surface area contributed by atoms with E-state index in [9.17, 15) is 4.79 Å². The summed E-state index contributed by atoms with van der Waals surface area (Å²) in [6, 6.07) is 7.69. The Morgan fingerprint density at radius 1 is 1.40 bits per heavy atom. The molecule has 20 heavy (non-hydrogen) atoms. The molecule has 2 heterocycles. The molecule has 0 fully saturated rings. The van der Waals surface area contributed by atoms with E-state index in [4.69, 9.17) is 11.6 Å². The highest BCUT2D eigenvalue weighted by molar-refractivity contribution is 6.31. The molecule has 0 unspecified atom stereocenters. The molecule has 0 N–H and O–H groups in total. The number of carbonyl (C=O) groups is 1. The molecule has 1 amide bonds. The summed E-state index contributed by atoms with van der Waals surface area (Å²) in [5, 5.41) is 4.79. The van der Waals surface area contributed by atoms with E-state index in [0.29, 0.717) is 5.02 Å². The predicted molar refractivity (Wildman–Crippen MR) is 79.2 cm³/mol. The van der Waals surface area contributed by atoms with Gasteiger partial charge in [-0.15, -0.1) is 0 Å². The fourth-order valence-corrected chi connectivity index (χ4v) is 2.82. The van der Waals surface area contributed by atoms with E-state index in [1.54, 1.807) is 10.9 Å². The van der Waals surface area contributed by atoms with Gasteiger partial charge in [0.1, 0.15) is 6.04 Å². The van der Waals surface area contributed by atoms with Crippen LogP contribution in [0.3, 0.4) is 0 Å². The zero-order valence-electron chi connectivity index (χ0n) is 11.5. The molecule has 5 heteroatoms. The monoisotopic (exact) mass is 289 g/mol. The van der Waals surface area contributed by atoms with Gasteiger partial charge in [-0.3, -0.25) is 9.48 Å². The molecule has 1 aliphatic heterocycles. The van der Waals surface area contributed by atoms with Gasteiger partial charge in [0.05, 0.1) is 16.9 Å². The zero-order chi connectivity index (χ0) is 14.3.